The van der Waals surface area contributed by atoms with Crippen LogP contribution in [0.1, 0.15) is 105 Å². The fourth-order valence-electron chi connectivity index (χ4n) is 2.39. The largest absolute Gasteiger partial charge is 1.00 e. The Kier molecular flexibility index (Phi) is 13.7. The molecule has 0 spiro atoms. The standard InChI is InChI=1S/C18H39N.BrH/c1-6-7-8-9-10-11-12-13-14-15-16-17(2,3)18(4,5)19;/h6-16,19H2,1-5H3;1H. The molecule has 0 aliphatic rings. The molecule has 0 fully saturated rings. The lowest BCUT2D eigenvalue weighted by atomic mass is 9.72. The Labute approximate surface area is 139 Å². The smallest absolute Gasteiger partial charge is 0.0940 e. The maximum atomic E-state index is 4.31. The van der Waals surface area contributed by atoms with Gasteiger partial charge in [-0.2, -0.15) is 0 Å². The summed E-state index contributed by atoms with van der Waals surface area (Å²) in [5.74, 6) is 0. The first-order valence-corrected chi connectivity index (χ1v) is 8.66. The fourth-order valence-corrected chi connectivity index (χ4v) is 2.39. The zero-order valence-corrected chi connectivity index (χ0v) is 16.4. The van der Waals surface area contributed by atoms with Crippen molar-refractivity contribution in [3.63, 3.8) is 0 Å². The molecule has 0 saturated heterocycles. The zero-order valence-electron chi connectivity index (χ0n) is 14.9. The molecule has 0 rings (SSSR count). The van der Waals surface area contributed by atoms with Crippen LogP contribution in [0.15, 0.2) is 0 Å². The van der Waals surface area contributed by atoms with Crippen LogP contribution in [-0.2, 0) is 0 Å². The molecule has 3 N–H and O–H groups in total. The van der Waals surface area contributed by atoms with Gasteiger partial charge in [0.25, 0.3) is 0 Å². The Balaban J connectivity index is 0. The molecule has 0 aliphatic heterocycles. The lowest BCUT2D eigenvalue weighted by molar-refractivity contribution is -0.493. The molecule has 0 bridgehead atoms. The van der Waals surface area contributed by atoms with E-state index >= 15 is 0 Å². The van der Waals surface area contributed by atoms with Crippen molar-refractivity contribution >= 4 is 0 Å². The van der Waals surface area contributed by atoms with Crippen molar-refractivity contribution in [3.8, 4) is 0 Å². The van der Waals surface area contributed by atoms with E-state index in [2.05, 4.69) is 40.4 Å². The Morgan fingerprint density at radius 2 is 1.00 bits per heavy atom. The lowest BCUT2D eigenvalue weighted by Gasteiger charge is -2.35. The third kappa shape index (κ3) is 11.1. The summed E-state index contributed by atoms with van der Waals surface area (Å²) in [5.41, 5.74) is 4.86. The van der Waals surface area contributed by atoms with E-state index in [1.54, 1.807) is 0 Å². The third-order valence-electron chi connectivity index (χ3n) is 4.99. The molecule has 0 aromatic heterocycles. The van der Waals surface area contributed by atoms with Crippen LogP contribution in [0.25, 0.3) is 0 Å². The zero-order chi connectivity index (χ0) is 14.8. The van der Waals surface area contributed by atoms with Gasteiger partial charge < -0.3 is 22.7 Å². The van der Waals surface area contributed by atoms with E-state index in [1.807, 2.05) is 0 Å². The fraction of sp³-hybridized carbons (Fsp3) is 1.00. The highest BCUT2D eigenvalue weighted by molar-refractivity contribution is 4.84. The Morgan fingerprint density at radius 1 is 0.650 bits per heavy atom. The van der Waals surface area contributed by atoms with E-state index in [-0.39, 0.29) is 22.5 Å². The van der Waals surface area contributed by atoms with Gasteiger partial charge in [-0.1, -0.05) is 85.0 Å². The van der Waals surface area contributed by atoms with Gasteiger partial charge in [-0.05, 0) is 20.3 Å². The second-order valence-electron chi connectivity index (χ2n) is 7.70. The summed E-state index contributed by atoms with van der Waals surface area (Å²) in [5, 5.41) is 0. The molecule has 0 aliphatic carbocycles. The topological polar surface area (TPSA) is 27.6 Å². The lowest BCUT2D eigenvalue weighted by Crippen LogP contribution is -3.00. The summed E-state index contributed by atoms with van der Waals surface area (Å²) in [6, 6.07) is 0. The van der Waals surface area contributed by atoms with Crippen LogP contribution in [0.2, 0.25) is 0 Å². The van der Waals surface area contributed by atoms with E-state index in [0.29, 0.717) is 5.41 Å². The van der Waals surface area contributed by atoms with Crippen molar-refractivity contribution in [2.75, 3.05) is 0 Å². The van der Waals surface area contributed by atoms with E-state index in [4.69, 9.17) is 0 Å². The summed E-state index contributed by atoms with van der Waals surface area (Å²) in [6.07, 6.45) is 15.6. The quantitative estimate of drug-likeness (QED) is 0.524. The molecule has 0 radical (unpaired) electrons. The molecule has 124 valence electrons. The SMILES string of the molecule is CCCCCCCCCCCCC(C)(C)C(C)(C)[NH3+].[Br-]. The first kappa shape index (κ1) is 22.7. The highest BCUT2D eigenvalue weighted by atomic mass is 79.9. The number of halogens is 1. The van der Waals surface area contributed by atoms with Crippen molar-refractivity contribution in [1.29, 1.82) is 0 Å². The van der Waals surface area contributed by atoms with Gasteiger partial charge in [0.05, 0.1) is 5.54 Å². The summed E-state index contributed by atoms with van der Waals surface area (Å²) >= 11 is 0. The Hall–Kier alpha value is 0.440. The average molecular weight is 350 g/mol. The molecule has 2 heteroatoms. The maximum absolute atomic E-state index is 4.31. The molecule has 0 saturated carbocycles. The predicted molar refractivity (Wildman–Crippen MR) is 87.2 cm³/mol. The van der Waals surface area contributed by atoms with Crippen molar-refractivity contribution in [1.82, 2.24) is 0 Å². The van der Waals surface area contributed by atoms with Gasteiger partial charge in [0.1, 0.15) is 0 Å². The van der Waals surface area contributed by atoms with Crippen LogP contribution >= 0.6 is 0 Å². The van der Waals surface area contributed by atoms with Crippen LogP contribution < -0.4 is 22.7 Å². The maximum Gasteiger partial charge on any atom is 0.0940 e. The second kappa shape index (κ2) is 12.0. The molecular formula is C18H40BrN. The summed E-state index contributed by atoms with van der Waals surface area (Å²) in [4.78, 5) is 0. The minimum atomic E-state index is 0. The van der Waals surface area contributed by atoms with Crippen molar-refractivity contribution < 1.29 is 22.7 Å². The monoisotopic (exact) mass is 349 g/mol. The highest BCUT2D eigenvalue weighted by Gasteiger charge is 2.36. The van der Waals surface area contributed by atoms with E-state index < -0.39 is 0 Å². The summed E-state index contributed by atoms with van der Waals surface area (Å²) < 4.78 is 0. The molecule has 20 heavy (non-hydrogen) atoms. The first-order chi connectivity index (χ1) is 8.81. The van der Waals surface area contributed by atoms with Crippen molar-refractivity contribution in [2.24, 2.45) is 5.41 Å². The Morgan fingerprint density at radius 3 is 1.35 bits per heavy atom. The van der Waals surface area contributed by atoms with Gasteiger partial charge in [0, 0.05) is 5.41 Å². The normalized spacial score (nSPS) is 12.3. The highest BCUT2D eigenvalue weighted by Crippen LogP contribution is 2.32. The van der Waals surface area contributed by atoms with Crippen molar-refractivity contribution in [3.05, 3.63) is 0 Å². The minimum absolute atomic E-state index is 0. The number of quaternary nitrogens is 1. The van der Waals surface area contributed by atoms with E-state index in [9.17, 15) is 0 Å². The van der Waals surface area contributed by atoms with Gasteiger partial charge in [0.15, 0.2) is 0 Å². The van der Waals surface area contributed by atoms with Crippen LogP contribution in [0.3, 0.4) is 0 Å². The van der Waals surface area contributed by atoms with E-state index in [1.165, 1.54) is 70.6 Å². The second-order valence-corrected chi connectivity index (χ2v) is 7.70. The van der Waals surface area contributed by atoms with Crippen LogP contribution in [0, 0.1) is 5.41 Å². The Bertz CT molecular complexity index is 206. The third-order valence-corrected chi connectivity index (χ3v) is 4.99. The number of hydrogen-bond acceptors (Lipinski definition) is 0. The predicted octanol–water partition coefficient (Wildman–Crippen LogP) is 2.35. The number of rotatable bonds is 12. The van der Waals surface area contributed by atoms with Gasteiger partial charge in [-0.25, -0.2) is 0 Å². The average Bonchev–Trinajstić information content (AvgIpc) is 2.30. The molecular weight excluding hydrogens is 310 g/mol. The summed E-state index contributed by atoms with van der Waals surface area (Å²) in [7, 11) is 0. The molecule has 0 aromatic carbocycles. The number of hydrogen-bond donors (Lipinski definition) is 1. The van der Waals surface area contributed by atoms with E-state index in [0.717, 1.165) is 0 Å². The van der Waals surface area contributed by atoms with Crippen molar-refractivity contribution in [2.45, 2.75) is 111 Å². The van der Waals surface area contributed by atoms with Crippen LogP contribution in [-0.4, -0.2) is 5.54 Å². The minimum Gasteiger partial charge on any atom is -1.00 e. The summed E-state index contributed by atoms with van der Waals surface area (Å²) in [6.45, 7) is 11.6. The molecule has 0 atom stereocenters. The number of unbranched alkanes of at least 4 members (excludes halogenated alkanes) is 9. The molecule has 0 aromatic rings. The molecule has 0 unspecified atom stereocenters. The first-order valence-electron chi connectivity index (χ1n) is 8.66. The van der Waals surface area contributed by atoms with Gasteiger partial charge in [-0.3, -0.25) is 0 Å². The molecule has 1 nitrogen and oxygen atoms in total. The van der Waals surface area contributed by atoms with Crippen LogP contribution in [0.4, 0.5) is 0 Å². The van der Waals surface area contributed by atoms with Crippen LogP contribution in [0.5, 0.6) is 0 Å². The molecule has 0 amide bonds. The van der Waals surface area contributed by atoms with Gasteiger partial charge in [0.2, 0.25) is 0 Å². The van der Waals surface area contributed by atoms with Gasteiger partial charge >= 0.3 is 0 Å². The molecule has 0 heterocycles. The van der Waals surface area contributed by atoms with Gasteiger partial charge in [-0.15, -0.1) is 0 Å².